The van der Waals surface area contributed by atoms with Crippen LogP contribution < -0.4 is 0 Å². The van der Waals surface area contributed by atoms with Crippen molar-refractivity contribution in [1.82, 2.24) is 0 Å². The average molecular weight is 435 g/mol. The third-order valence-corrected chi connectivity index (χ3v) is 5.42. The van der Waals surface area contributed by atoms with Gasteiger partial charge in [-0.3, -0.25) is 0 Å². The van der Waals surface area contributed by atoms with Crippen LogP contribution >= 0.6 is 0 Å². The lowest BCUT2D eigenvalue weighted by Crippen LogP contribution is -1.86. The van der Waals surface area contributed by atoms with Crippen molar-refractivity contribution in [2.24, 2.45) is 0 Å². The highest BCUT2D eigenvalue weighted by Crippen LogP contribution is 2.13. The van der Waals surface area contributed by atoms with Gasteiger partial charge in [-0.2, -0.15) is 0 Å². The number of carbonyl (C=O) groups is 2. The number of hydrogen-bond donors (Lipinski definition) is 2. The first-order chi connectivity index (χ1) is 15.1. The first kappa shape index (κ1) is 29.2. The van der Waals surface area contributed by atoms with Crippen molar-refractivity contribution in [3.05, 3.63) is 36.5 Å². The van der Waals surface area contributed by atoms with Crippen LogP contribution in [0.5, 0.6) is 0 Å². The van der Waals surface area contributed by atoms with E-state index in [4.69, 9.17) is 10.2 Å². The molecule has 0 aliphatic rings. The fourth-order valence-corrected chi connectivity index (χ4v) is 3.60. The summed E-state index contributed by atoms with van der Waals surface area (Å²) in [5.41, 5.74) is 0. The summed E-state index contributed by atoms with van der Waals surface area (Å²) in [7, 11) is 0. The lowest BCUT2D eigenvalue weighted by atomic mass is 10.0. The van der Waals surface area contributed by atoms with Crippen LogP contribution in [0.4, 0.5) is 0 Å². The van der Waals surface area contributed by atoms with Crippen LogP contribution in [-0.4, -0.2) is 22.2 Å². The minimum Gasteiger partial charge on any atom is -0.478 e. The van der Waals surface area contributed by atoms with E-state index in [1.807, 2.05) is 0 Å². The molecule has 0 aromatic rings. The maximum absolute atomic E-state index is 10.3. The normalized spacial score (nSPS) is 11.9. The quantitative estimate of drug-likeness (QED) is 0.0964. The molecule has 0 fully saturated rings. The summed E-state index contributed by atoms with van der Waals surface area (Å²) in [6, 6.07) is 0. The monoisotopic (exact) mass is 434 g/mol. The average Bonchev–Trinajstić information content (AvgIpc) is 2.73. The topological polar surface area (TPSA) is 74.6 Å². The van der Waals surface area contributed by atoms with Crippen molar-refractivity contribution in [1.29, 1.82) is 0 Å². The van der Waals surface area contributed by atoms with Crippen LogP contribution in [0.1, 0.15) is 122 Å². The number of aliphatic carboxylic acids is 2. The fraction of sp³-hybridized carbons (Fsp3) is 0.704. The Balaban J connectivity index is 3.15. The van der Waals surface area contributed by atoms with Gasteiger partial charge in [-0.25, -0.2) is 9.59 Å². The lowest BCUT2D eigenvalue weighted by molar-refractivity contribution is -0.132. The van der Waals surface area contributed by atoms with E-state index in [0.717, 1.165) is 32.1 Å². The molecule has 0 bridgehead atoms. The summed E-state index contributed by atoms with van der Waals surface area (Å²) in [6.45, 7) is 0. The van der Waals surface area contributed by atoms with Crippen molar-refractivity contribution in [3.63, 3.8) is 0 Å². The van der Waals surface area contributed by atoms with Gasteiger partial charge in [0, 0.05) is 12.2 Å². The highest BCUT2D eigenvalue weighted by molar-refractivity contribution is 5.79. The van der Waals surface area contributed by atoms with Gasteiger partial charge in [0.1, 0.15) is 0 Å². The number of carboxylic acids is 2. The molecule has 0 aromatic carbocycles. The smallest absolute Gasteiger partial charge is 0.327 e. The van der Waals surface area contributed by atoms with E-state index in [2.05, 4.69) is 12.2 Å². The Bertz CT molecular complexity index is 505. The Kier molecular flexibility index (Phi) is 23.0. The van der Waals surface area contributed by atoms with E-state index in [9.17, 15) is 9.59 Å². The molecular weight excluding hydrogens is 388 g/mol. The Morgan fingerprint density at radius 2 is 0.613 bits per heavy atom. The number of rotatable bonds is 23. The summed E-state index contributed by atoms with van der Waals surface area (Å²) >= 11 is 0. The maximum atomic E-state index is 10.3. The van der Waals surface area contributed by atoms with Crippen LogP contribution in [0.25, 0.3) is 0 Å². The minimum absolute atomic E-state index is 0.846. The van der Waals surface area contributed by atoms with Gasteiger partial charge in [0.05, 0.1) is 0 Å². The summed E-state index contributed by atoms with van der Waals surface area (Å²) in [5, 5.41) is 17.0. The molecule has 4 nitrogen and oxygen atoms in total. The van der Waals surface area contributed by atoms with Crippen LogP contribution in [0.15, 0.2) is 36.5 Å². The zero-order valence-corrected chi connectivity index (χ0v) is 19.6. The van der Waals surface area contributed by atoms with Crippen LogP contribution in [0, 0.1) is 0 Å². The van der Waals surface area contributed by atoms with E-state index in [1.54, 1.807) is 12.2 Å². The van der Waals surface area contributed by atoms with Crippen molar-refractivity contribution >= 4 is 11.9 Å². The molecule has 0 saturated carbocycles. The molecule has 0 aliphatic carbocycles. The number of carboxylic acid groups (broad SMARTS) is 2. The van der Waals surface area contributed by atoms with Gasteiger partial charge in [0.25, 0.3) is 0 Å². The molecule has 178 valence electrons. The molecule has 0 aromatic heterocycles. The van der Waals surface area contributed by atoms with Crippen molar-refractivity contribution in [3.8, 4) is 0 Å². The second kappa shape index (κ2) is 24.4. The highest BCUT2D eigenvalue weighted by atomic mass is 16.4. The largest absolute Gasteiger partial charge is 0.478 e. The van der Waals surface area contributed by atoms with Gasteiger partial charge in [0.15, 0.2) is 0 Å². The van der Waals surface area contributed by atoms with Gasteiger partial charge in [-0.1, -0.05) is 94.9 Å². The number of hydrogen-bond acceptors (Lipinski definition) is 2. The molecule has 0 saturated heterocycles. The van der Waals surface area contributed by atoms with E-state index >= 15 is 0 Å². The van der Waals surface area contributed by atoms with Gasteiger partial charge in [-0.15, -0.1) is 0 Å². The molecule has 4 heteroatoms. The molecule has 0 rings (SSSR count). The molecule has 0 atom stereocenters. The van der Waals surface area contributed by atoms with Crippen LogP contribution in [0.2, 0.25) is 0 Å². The van der Waals surface area contributed by atoms with Crippen molar-refractivity contribution in [2.45, 2.75) is 122 Å². The van der Waals surface area contributed by atoms with Gasteiger partial charge < -0.3 is 10.2 Å². The predicted molar refractivity (Wildman–Crippen MR) is 130 cm³/mol. The molecule has 0 heterocycles. The maximum Gasteiger partial charge on any atom is 0.327 e. The molecule has 0 amide bonds. The third kappa shape index (κ3) is 28.2. The van der Waals surface area contributed by atoms with Crippen molar-refractivity contribution in [2.75, 3.05) is 0 Å². The summed E-state index contributed by atoms with van der Waals surface area (Å²) in [4.78, 5) is 20.7. The molecule has 2 N–H and O–H groups in total. The Morgan fingerprint density at radius 1 is 0.387 bits per heavy atom. The van der Waals surface area contributed by atoms with Crippen LogP contribution in [-0.2, 0) is 9.59 Å². The molecule has 0 unspecified atom stereocenters. The van der Waals surface area contributed by atoms with E-state index in [-0.39, 0.29) is 0 Å². The standard InChI is InChI=1S/C27H46O4/c28-26(29)24-22-20-18-16-14-12-10-8-6-4-2-1-3-5-7-9-11-13-15-17-19-21-23-25-27(30)31/h8,10,22-25H,1-7,9,11-21H2,(H,28,29)(H,30,31). The van der Waals surface area contributed by atoms with Gasteiger partial charge in [-0.05, 0) is 51.4 Å². The summed E-state index contributed by atoms with van der Waals surface area (Å²) < 4.78 is 0. The molecule has 0 spiro atoms. The summed E-state index contributed by atoms with van der Waals surface area (Å²) in [5.74, 6) is -1.70. The van der Waals surface area contributed by atoms with Gasteiger partial charge >= 0.3 is 11.9 Å². The predicted octanol–water partition coefficient (Wildman–Crippen LogP) is 8.24. The highest BCUT2D eigenvalue weighted by Gasteiger charge is 1.94. The SMILES string of the molecule is O=C(O)C=CCCCCCC=CCCCCCCCCCCCCCCC=CC(=O)O. The second-order valence-corrected chi connectivity index (χ2v) is 8.41. The minimum atomic E-state index is -0.854. The first-order valence-corrected chi connectivity index (χ1v) is 12.6. The Hall–Kier alpha value is -1.84. The van der Waals surface area contributed by atoms with Gasteiger partial charge in [0.2, 0.25) is 0 Å². The molecule has 0 radical (unpaired) electrons. The Morgan fingerprint density at radius 3 is 0.903 bits per heavy atom. The summed E-state index contributed by atoms with van der Waals surface area (Å²) in [6.07, 6.45) is 33.9. The zero-order chi connectivity index (χ0) is 22.8. The molecule has 31 heavy (non-hydrogen) atoms. The van der Waals surface area contributed by atoms with Crippen LogP contribution in [0.3, 0.4) is 0 Å². The first-order valence-electron chi connectivity index (χ1n) is 12.6. The van der Waals surface area contributed by atoms with E-state index in [0.29, 0.717) is 0 Å². The molecular formula is C27H46O4. The van der Waals surface area contributed by atoms with E-state index < -0.39 is 11.9 Å². The zero-order valence-electron chi connectivity index (χ0n) is 19.6. The Labute approximate surface area is 190 Å². The van der Waals surface area contributed by atoms with Crippen molar-refractivity contribution < 1.29 is 19.8 Å². The molecule has 0 aliphatic heterocycles. The second-order valence-electron chi connectivity index (χ2n) is 8.41. The fourth-order valence-electron chi connectivity index (χ4n) is 3.60. The van der Waals surface area contributed by atoms with E-state index in [1.165, 1.54) is 102 Å². The number of unbranched alkanes of at least 4 members (excludes halogenated alkanes) is 17. The number of allylic oxidation sites excluding steroid dienone is 4. The lowest BCUT2D eigenvalue weighted by Gasteiger charge is -2.02. The third-order valence-electron chi connectivity index (χ3n) is 5.42.